The Morgan fingerprint density at radius 2 is 1.93 bits per heavy atom. The number of rotatable bonds is 3. The number of nitrogens with zero attached hydrogens (tertiary/aromatic N) is 1. The average molecular weight is 268 g/mol. The first kappa shape index (κ1) is 11.9. The molecule has 0 aliphatic carbocycles. The van der Waals surface area contributed by atoms with Gasteiger partial charge in [-0.05, 0) is 41.9 Å². The van der Waals surface area contributed by atoms with Gasteiger partial charge >= 0.3 is 0 Å². The highest BCUT2D eigenvalue weighted by Crippen LogP contribution is 2.14. The first-order valence-electron chi connectivity index (χ1n) is 4.62. The van der Waals surface area contributed by atoms with Crippen molar-refractivity contribution in [3.63, 3.8) is 0 Å². The maximum Gasteiger partial charge on any atom is 0.0770 e. The molecular formula is C11H14BrN3. The molecule has 3 nitrogen and oxygen atoms in total. The molecule has 0 radical (unpaired) electrons. The highest BCUT2D eigenvalue weighted by atomic mass is 79.9. The summed E-state index contributed by atoms with van der Waals surface area (Å²) in [5.74, 6) is 0. The number of hydrogen-bond acceptors (Lipinski definition) is 3. The van der Waals surface area contributed by atoms with E-state index in [2.05, 4.69) is 26.2 Å². The van der Waals surface area contributed by atoms with Crippen molar-refractivity contribution in [3.05, 3.63) is 39.8 Å². The Labute approximate surface area is 98.3 Å². The normalized spacial score (nSPS) is 11.3. The van der Waals surface area contributed by atoms with Crippen LogP contribution in [-0.2, 0) is 0 Å². The van der Waals surface area contributed by atoms with Crippen LogP contribution in [-0.4, -0.2) is 17.7 Å². The summed E-state index contributed by atoms with van der Waals surface area (Å²) in [7, 11) is 1.80. The molecule has 0 amide bonds. The number of aromatic nitrogens is 1. The second kappa shape index (κ2) is 5.07. The Morgan fingerprint density at radius 3 is 2.40 bits per heavy atom. The molecule has 0 saturated heterocycles. The molecule has 0 unspecified atom stereocenters. The lowest BCUT2D eigenvalue weighted by Crippen LogP contribution is -2.04. The van der Waals surface area contributed by atoms with Gasteiger partial charge < -0.3 is 5.32 Å². The molecule has 2 N–H and O–H groups in total. The van der Waals surface area contributed by atoms with Crippen molar-refractivity contribution in [2.75, 3.05) is 7.05 Å². The van der Waals surface area contributed by atoms with Crippen molar-refractivity contribution < 1.29 is 0 Å². The molecule has 0 bridgehead atoms. The van der Waals surface area contributed by atoms with Crippen molar-refractivity contribution in [3.8, 4) is 0 Å². The van der Waals surface area contributed by atoms with Gasteiger partial charge in [-0.15, -0.1) is 0 Å². The van der Waals surface area contributed by atoms with Crippen LogP contribution < -0.4 is 5.32 Å². The largest absolute Gasteiger partial charge is 0.393 e. The van der Waals surface area contributed by atoms with E-state index in [1.807, 2.05) is 26.0 Å². The van der Waals surface area contributed by atoms with Crippen molar-refractivity contribution in [1.29, 1.82) is 5.41 Å². The van der Waals surface area contributed by atoms with E-state index in [9.17, 15) is 0 Å². The smallest absolute Gasteiger partial charge is 0.0770 e. The molecule has 0 atom stereocenters. The van der Waals surface area contributed by atoms with Gasteiger partial charge in [-0.1, -0.05) is 0 Å². The molecule has 0 fully saturated rings. The van der Waals surface area contributed by atoms with Gasteiger partial charge in [0, 0.05) is 30.2 Å². The highest BCUT2D eigenvalue weighted by Gasteiger charge is 2.06. The monoisotopic (exact) mass is 267 g/mol. The molecule has 1 rings (SSSR count). The molecule has 0 saturated carbocycles. The third kappa shape index (κ3) is 3.16. The number of aryl methyl sites for hydroxylation is 2. The molecule has 0 aliphatic rings. The van der Waals surface area contributed by atoms with Crippen LogP contribution in [0.15, 0.2) is 22.8 Å². The van der Waals surface area contributed by atoms with Crippen LogP contribution in [0.4, 0.5) is 0 Å². The van der Waals surface area contributed by atoms with E-state index >= 15 is 0 Å². The Bertz CT molecular complexity index is 390. The van der Waals surface area contributed by atoms with Crippen molar-refractivity contribution in [2.45, 2.75) is 13.8 Å². The SMILES string of the molecule is CN/C=C(/Br)C(=N)c1cc(C)nc(C)c1. The van der Waals surface area contributed by atoms with Gasteiger partial charge in [-0.25, -0.2) is 0 Å². The lowest BCUT2D eigenvalue weighted by Gasteiger charge is -2.05. The molecule has 1 aromatic rings. The summed E-state index contributed by atoms with van der Waals surface area (Å²) < 4.78 is 0.731. The minimum atomic E-state index is 0.456. The number of halogens is 1. The second-order valence-electron chi connectivity index (χ2n) is 3.29. The zero-order valence-electron chi connectivity index (χ0n) is 9.06. The summed E-state index contributed by atoms with van der Waals surface area (Å²) >= 11 is 3.34. The van der Waals surface area contributed by atoms with E-state index in [0.717, 1.165) is 21.4 Å². The fraction of sp³-hybridized carbons (Fsp3) is 0.273. The van der Waals surface area contributed by atoms with Crippen LogP contribution >= 0.6 is 15.9 Å². The standard InChI is InChI=1S/C11H14BrN3/c1-7-4-9(5-8(2)15-7)11(13)10(12)6-14-3/h4-6,13-14H,1-3H3/b10-6+,13-11?. The first-order chi connectivity index (χ1) is 7.04. The van der Waals surface area contributed by atoms with Crippen molar-refractivity contribution in [1.82, 2.24) is 10.3 Å². The summed E-state index contributed by atoms with van der Waals surface area (Å²) in [6.45, 7) is 3.86. The van der Waals surface area contributed by atoms with Crippen LogP contribution in [0.5, 0.6) is 0 Å². The average Bonchev–Trinajstić information content (AvgIpc) is 2.15. The lowest BCUT2D eigenvalue weighted by atomic mass is 10.1. The molecule has 0 aliphatic heterocycles. The van der Waals surface area contributed by atoms with Gasteiger partial charge in [0.1, 0.15) is 0 Å². The first-order valence-corrected chi connectivity index (χ1v) is 5.41. The number of allylic oxidation sites excluding steroid dienone is 1. The van der Waals surface area contributed by atoms with E-state index < -0.39 is 0 Å². The van der Waals surface area contributed by atoms with Gasteiger partial charge in [-0.3, -0.25) is 10.4 Å². The second-order valence-corrected chi connectivity index (χ2v) is 4.15. The van der Waals surface area contributed by atoms with E-state index in [-0.39, 0.29) is 0 Å². The highest BCUT2D eigenvalue weighted by molar-refractivity contribution is 9.12. The van der Waals surface area contributed by atoms with E-state index in [0.29, 0.717) is 5.71 Å². The van der Waals surface area contributed by atoms with E-state index in [4.69, 9.17) is 5.41 Å². The van der Waals surface area contributed by atoms with E-state index in [1.165, 1.54) is 0 Å². The van der Waals surface area contributed by atoms with E-state index in [1.54, 1.807) is 13.2 Å². The fourth-order valence-electron chi connectivity index (χ4n) is 1.32. The fourth-order valence-corrected chi connectivity index (χ4v) is 1.77. The summed E-state index contributed by atoms with van der Waals surface area (Å²) in [6, 6.07) is 3.81. The quantitative estimate of drug-likeness (QED) is 0.827. The molecule has 80 valence electrons. The summed E-state index contributed by atoms with van der Waals surface area (Å²) in [4.78, 5) is 4.27. The molecule has 15 heavy (non-hydrogen) atoms. The van der Waals surface area contributed by atoms with Crippen LogP contribution in [0, 0.1) is 19.3 Å². The third-order valence-corrected chi connectivity index (χ3v) is 2.51. The maximum atomic E-state index is 7.95. The Hall–Kier alpha value is -1.16. The molecular weight excluding hydrogens is 254 g/mol. The zero-order chi connectivity index (χ0) is 11.4. The summed E-state index contributed by atoms with van der Waals surface area (Å²) in [6.07, 6.45) is 1.74. The molecule has 1 aromatic heterocycles. The predicted molar refractivity (Wildman–Crippen MR) is 66.6 cm³/mol. The van der Waals surface area contributed by atoms with Gasteiger partial charge in [0.25, 0.3) is 0 Å². The predicted octanol–water partition coefficient (Wildman–Crippen LogP) is 2.52. The topological polar surface area (TPSA) is 48.8 Å². The Morgan fingerprint density at radius 1 is 1.40 bits per heavy atom. The maximum absolute atomic E-state index is 7.95. The van der Waals surface area contributed by atoms with Gasteiger partial charge in [0.05, 0.1) is 10.2 Å². The molecule has 4 heteroatoms. The number of pyridine rings is 1. The van der Waals surface area contributed by atoms with Crippen LogP contribution in [0.1, 0.15) is 17.0 Å². The van der Waals surface area contributed by atoms with Crippen LogP contribution in [0.25, 0.3) is 0 Å². The number of hydrogen-bond donors (Lipinski definition) is 2. The van der Waals surface area contributed by atoms with Gasteiger partial charge in [0.15, 0.2) is 0 Å². The molecule has 0 aromatic carbocycles. The zero-order valence-corrected chi connectivity index (χ0v) is 10.6. The molecule has 0 spiro atoms. The van der Waals surface area contributed by atoms with Gasteiger partial charge in [-0.2, -0.15) is 0 Å². The molecule has 1 heterocycles. The van der Waals surface area contributed by atoms with Crippen LogP contribution in [0.2, 0.25) is 0 Å². The number of nitrogens with one attached hydrogen (secondary N) is 2. The summed E-state index contributed by atoms with van der Waals surface area (Å²) in [5, 5.41) is 10.8. The van der Waals surface area contributed by atoms with Crippen molar-refractivity contribution >= 4 is 21.6 Å². The van der Waals surface area contributed by atoms with Crippen molar-refractivity contribution in [2.24, 2.45) is 0 Å². The summed E-state index contributed by atoms with van der Waals surface area (Å²) in [5.41, 5.74) is 3.19. The minimum Gasteiger partial charge on any atom is -0.393 e. The Kier molecular flexibility index (Phi) is 4.03. The Balaban J connectivity index is 3.06. The third-order valence-electron chi connectivity index (χ3n) is 1.88. The lowest BCUT2D eigenvalue weighted by molar-refractivity contribution is 1.10. The van der Waals surface area contributed by atoms with Crippen LogP contribution in [0.3, 0.4) is 0 Å². The minimum absolute atomic E-state index is 0.456. The van der Waals surface area contributed by atoms with Gasteiger partial charge in [0.2, 0.25) is 0 Å².